The standard InChI is InChI=1S/C19H19F2NO3/c1-24-15-7-4-13(5-8-15)17-3-2-10-22(17)19(23)12-25-18-9-6-14(20)11-16(18)21/h4-9,11,17H,2-3,10,12H2,1H3. The van der Waals surface area contributed by atoms with Crippen LogP contribution in [0, 0.1) is 11.6 Å². The van der Waals surface area contributed by atoms with Gasteiger partial charge in [-0.2, -0.15) is 0 Å². The molecule has 1 fully saturated rings. The zero-order valence-electron chi connectivity index (χ0n) is 13.9. The fourth-order valence-electron chi connectivity index (χ4n) is 3.05. The van der Waals surface area contributed by atoms with Crippen LogP contribution in [0.4, 0.5) is 8.78 Å². The van der Waals surface area contributed by atoms with Gasteiger partial charge in [0.25, 0.3) is 5.91 Å². The Kier molecular flexibility index (Phi) is 5.16. The van der Waals surface area contributed by atoms with Gasteiger partial charge in [0.15, 0.2) is 18.2 Å². The maximum absolute atomic E-state index is 13.6. The molecule has 1 aliphatic heterocycles. The zero-order valence-corrected chi connectivity index (χ0v) is 13.9. The average Bonchev–Trinajstić information content (AvgIpc) is 3.10. The Morgan fingerprint density at radius 2 is 1.96 bits per heavy atom. The van der Waals surface area contributed by atoms with Gasteiger partial charge in [-0.05, 0) is 42.7 Å². The first kappa shape index (κ1) is 17.2. The van der Waals surface area contributed by atoms with Crippen molar-refractivity contribution in [3.05, 3.63) is 59.7 Å². The number of carbonyl (C=O) groups is 1. The third-order valence-corrected chi connectivity index (χ3v) is 4.32. The first-order valence-electron chi connectivity index (χ1n) is 8.10. The first-order valence-corrected chi connectivity index (χ1v) is 8.10. The smallest absolute Gasteiger partial charge is 0.261 e. The van der Waals surface area contributed by atoms with Crippen LogP contribution in [0.25, 0.3) is 0 Å². The summed E-state index contributed by atoms with van der Waals surface area (Å²) in [5.74, 6) is -1.09. The fourth-order valence-corrected chi connectivity index (χ4v) is 3.05. The molecular formula is C19H19F2NO3. The highest BCUT2D eigenvalue weighted by Gasteiger charge is 2.30. The van der Waals surface area contributed by atoms with E-state index in [1.54, 1.807) is 12.0 Å². The Hall–Kier alpha value is -2.63. The van der Waals surface area contributed by atoms with Crippen LogP contribution in [-0.2, 0) is 4.79 Å². The van der Waals surface area contributed by atoms with Gasteiger partial charge in [0.1, 0.15) is 11.6 Å². The summed E-state index contributed by atoms with van der Waals surface area (Å²) >= 11 is 0. The Morgan fingerprint density at radius 1 is 1.20 bits per heavy atom. The second kappa shape index (κ2) is 7.51. The maximum atomic E-state index is 13.6. The summed E-state index contributed by atoms with van der Waals surface area (Å²) in [4.78, 5) is 14.2. The summed E-state index contributed by atoms with van der Waals surface area (Å²) in [7, 11) is 1.60. The van der Waals surface area contributed by atoms with Crippen molar-refractivity contribution in [2.24, 2.45) is 0 Å². The molecule has 1 saturated heterocycles. The number of hydrogen-bond acceptors (Lipinski definition) is 3. The van der Waals surface area contributed by atoms with Crippen molar-refractivity contribution in [1.82, 2.24) is 4.90 Å². The second-order valence-corrected chi connectivity index (χ2v) is 5.88. The van der Waals surface area contributed by atoms with E-state index in [1.165, 1.54) is 6.07 Å². The summed E-state index contributed by atoms with van der Waals surface area (Å²) < 4.78 is 36.9. The highest BCUT2D eigenvalue weighted by atomic mass is 19.1. The number of rotatable bonds is 5. The molecule has 2 aromatic rings. The lowest BCUT2D eigenvalue weighted by Gasteiger charge is -2.25. The monoisotopic (exact) mass is 347 g/mol. The van der Waals surface area contributed by atoms with Crippen LogP contribution in [-0.4, -0.2) is 31.1 Å². The Bertz CT molecular complexity index is 749. The molecule has 25 heavy (non-hydrogen) atoms. The highest BCUT2D eigenvalue weighted by Crippen LogP contribution is 2.33. The Labute approximate surface area is 145 Å². The first-order chi connectivity index (χ1) is 12.1. The van der Waals surface area contributed by atoms with Gasteiger partial charge < -0.3 is 14.4 Å². The molecule has 2 aromatic carbocycles. The number of hydrogen-bond donors (Lipinski definition) is 0. The van der Waals surface area contributed by atoms with E-state index < -0.39 is 11.6 Å². The van der Waals surface area contributed by atoms with Gasteiger partial charge in [-0.3, -0.25) is 4.79 Å². The molecule has 0 N–H and O–H groups in total. The molecule has 0 aliphatic carbocycles. The van der Waals surface area contributed by atoms with E-state index in [2.05, 4.69) is 0 Å². The van der Waals surface area contributed by atoms with E-state index in [4.69, 9.17) is 9.47 Å². The molecule has 0 spiro atoms. The van der Waals surface area contributed by atoms with E-state index in [0.717, 1.165) is 36.3 Å². The number of benzene rings is 2. The van der Waals surface area contributed by atoms with Gasteiger partial charge in [-0.15, -0.1) is 0 Å². The van der Waals surface area contributed by atoms with Gasteiger partial charge in [0, 0.05) is 12.6 Å². The van der Waals surface area contributed by atoms with Crippen molar-refractivity contribution < 1.29 is 23.0 Å². The number of ether oxygens (including phenoxy) is 2. The minimum Gasteiger partial charge on any atom is -0.497 e. The summed E-state index contributed by atoms with van der Waals surface area (Å²) in [6.45, 7) is 0.347. The molecule has 6 heteroatoms. The summed E-state index contributed by atoms with van der Waals surface area (Å²) in [5.41, 5.74) is 1.03. The lowest BCUT2D eigenvalue weighted by Crippen LogP contribution is -2.34. The molecule has 0 radical (unpaired) electrons. The molecule has 1 aliphatic rings. The number of methoxy groups -OCH3 is 1. The SMILES string of the molecule is COc1ccc(C2CCCN2C(=O)COc2ccc(F)cc2F)cc1. The van der Waals surface area contributed by atoms with E-state index in [9.17, 15) is 13.6 Å². The van der Waals surface area contributed by atoms with Crippen LogP contribution >= 0.6 is 0 Å². The van der Waals surface area contributed by atoms with Gasteiger partial charge in [-0.25, -0.2) is 8.78 Å². The quantitative estimate of drug-likeness (QED) is 0.828. The number of halogens is 2. The zero-order chi connectivity index (χ0) is 17.8. The molecule has 1 heterocycles. The molecule has 0 saturated carbocycles. The van der Waals surface area contributed by atoms with Crippen LogP contribution in [0.3, 0.4) is 0 Å². The van der Waals surface area contributed by atoms with Crippen LogP contribution < -0.4 is 9.47 Å². The van der Waals surface area contributed by atoms with Crippen LogP contribution in [0.5, 0.6) is 11.5 Å². The van der Waals surface area contributed by atoms with Crippen LogP contribution in [0.2, 0.25) is 0 Å². The van der Waals surface area contributed by atoms with E-state index in [-0.39, 0.29) is 24.3 Å². The second-order valence-electron chi connectivity index (χ2n) is 5.88. The van der Waals surface area contributed by atoms with Crippen molar-refractivity contribution in [3.8, 4) is 11.5 Å². The topological polar surface area (TPSA) is 38.8 Å². The van der Waals surface area contributed by atoms with Crippen molar-refractivity contribution in [2.45, 2.75) is 18.9 Å². The Morgan fingerprint density at radius 3 is 2.64 bits per heavy atom. The summed E-state index contributed by atoms with van der Waals surface area (Å²) in [6.07, 6.45) is 1.76. The van der Waals surface area contributed by atoms with Gasteiger partial charge in [0.05, 0.1) is 13.2 Å². The Balaban J connectivity index is 1.65. The van der Waals surface area contributed by atoms with Gasteiger partial charge >= 0.3 is 0 Å². The van der Waals surface area contributed by atoms with Crippen LogP contribution in [0.1, 0.15) is 24.4 Å². The van der Waals surface area contributed by atoms with E-state index >= 15 is 0 Å². The summed E-state index contributed by atoms with van der Waals surface area (Å²) in [6, 6.07) is 10.6. The normalized spacial score (nSPS) is 16.8. The third-order valence-electron chi connectivity index (χ3n) is 4.32. The largest absolute Gasteiger partial charge is 0.497 e. The summed E-state index contributed by atoms with van der Waals surface area (Å²) in [5, 5.41) is 0. The predicted molar refractivity (Wildman–Crippen MR) is 88.5 cm³/mol. The molecule has 0 aromatic heterocycles. The molecule has 1 unspecified atom stereocenters. The molecular weight excluding hydrogens is 328 g/mol. The minimum atomic E-state index is -0.819. The predicted octanol–water partition coefficient (Wildman–Crippen LogP) is 3.72. The number of amides is 1. The molecule has 132 valence electrons. The number of carbonyl (C=O) groups excluding carboxylic acids is 1. The maximum Gasteiger partial charge on any atom is 0.261 e. The molecule has 0 bridgehead atoms. The third kappa shape index (κ3) is 3.90. The fraction of sp³-hybridized carbons (Fsp3) is 0.316. The minimum absolute atomic E-state index is 0.0277. The lowest BCUT2D eigenvalue weighted by molar-refractivity contribution is -0.134. The van der Waals surface area contributed by atoms with Gasteiger partial charge in [0.2, 0.25) is 0 Å². The molecule has 4 nitrogen and oxygen atoms in total. The van der Waals surface area contributed by atoms with Crippen molar-refractivity contribution in [3.63, 3.8) is 0 Å². The van der Waals surface area contributed by atoms with Crippen molar-refractivity contribution >= 4 is 5.91 Å². The molecule has 1 atom stereocenters. The highest BCUT2D eigenvalue weighted by molar-refractivity contribution is 5.78. The van der Waals surface area contributed by atoms with Crippen molar-refractivity contribution in [2.75, 3.05) is 20.3 Å². The molecule has 1 amide bonds. The van der Waals surface area contributed by atoms with E-state index in [1.807, 2.05) is 24.3 Å². The van der Waals surface area contributed by atoms with Crippen molar-refractivity contribution in [1.29, 1.82) is 0 Å². The lowest BCUT2D eigenvalue weighted by atomic mass is 10.0. The average molecular weight is 347 g/mol. The van der Waals surface area contributed by atoms with Gasteiger partial charge in [-0.1, -0.05) is 12.1 Å². The van der Waals surface area contributed by atoms with Crippen LogP contribution in [0.15, 0.2) is 42.5 Å². The number of nitrogens with zero attached hydrogens (tertiary/aromatic N) is 1. The molecule has 3 rings (SSSR count). The van der Waals surface area contributed by atoms with E-state index in [0.29, 0.717) is 6.54 Å². The number of likely N-dealkylation sites (tertiary alicyclic amines) is 1.